The normalized spacial score (nSPS) is 19.2. The van der Waals surface area contributed by atoms with Gasteiger partial charge < -0.3 is 15.2 Å². The van der Waals surface area contributed by atoms with Gasteiger partial charge in [-0.1, -0.05) is 11.6 Å². The van der Waals surface area contributed by atoms with Crippen molar-refractivity contribution in [1.82, 2.24) is 10.2 Å². The number of β-amino-alcohol motifs (C(OH)–C–C–N with tert-alkyl or cyclic N) is 1. The molecule has 1 saturated heterocycles. The van der Waals surface area contributed by atoms with Crippen LogP contribution < -0.4 is 5.32 Å². The number of carbonyl (C=O) groups excluding carboxylic acids is 1. The molecule has 1 fully saturated rings. The Labute approximate surface area is 133 Å². The van der Waals surface area contributed by atoms with Gasteiger partial charge in [0.1, 0.15) is 0 Å². The third kappa shape index (κ3) is 5.23. The molecule has 0 aromatic carbocycles. The molecule has 0 radical (unpaired) electrons. The first kappa shape index (κ1) is 16.7. The zero-order valence-electron chi connectivity index (χ0n) is 12.0. The summed E-state index contributed by atoms with van der Waals surface area (Å²) in [5.74, 6) is -0.340. The maximum atomic E-state index is 12.1. The number of carbonyl (C=O) groups is 1. The Balaban J connectivity index is 1.72. The molecule has 1 amide bonds. The topological polar surface area (TPSA) is 61.8 Å². The van der Waals surface area contributed by atoms with Crippen molar-refractivity contribution in [3.63, 3.8) is 0 Å². The van der Waals surface area contributed by atoms with Crippen molar-refractivity contribution in [2.75, 3.05) is 39.4 Å². The summed E-state index contributed by atoms with van der Waals surface area (Å²) >= 11 is 7.28. The van der Waals surface area contributed by atoms with Crippen LogP contribution in [0, 0.1) is 0 Å². The van der Waals surface area contributed by atoms with E-state index in [1.165, 1.54) is 11.3 Å². The number of morpholine rings is 1. The van der Waals surface area contributed by atoms with Crippen molar-refractivity contribution in [1.29, 1.82) is 0 Å². The Morgan fingerprint density at radius 3 is 2.86 bits per heavy atom. The van der Waals surface area contributed by atoms with E-state index in [0.717, 1.165) is 18.0 Å². The molecule has 2 heterocycles. The van der Waals surface area contributed by atoms with Gasteiger partial charge in [-0.15, -0.1) is 11.3 Å². The van der Waals surface area contributed by atoms with Crippen LogP contribution in [0.2, 0.25) is 4.34 Å². The maximum Gasteiger partial charge on any atom is 0.228 e. The monoisotopic (exact) mass is 332 g/mol. The summed E-state index contributed by atoms with van der Waals surface area (Å²) in [5.41, 5.74) is 0. The van der Waals surface area contributed by atoms with Crippen LogP contribution in [-0.2, 0) is 9.53 Å². The third-order valence-electron chi connectivity index (χ3n) is 3.50. The second kappa shape index (κ2) is 8.10. The fourth-order valence-corrected chi connectivity index (χ4v) is 3.32. The van der Waals surface area contributed by atoms with Crippen LogP contribution in [0.5, 0.6) is 0 Å². The largest absolute Gasteiger partial charge is 0.390 e. The standard InChI is InChI=1S/C14H21ClN2O3S/c1-10(12-2-3-13(15)21-12)14(19)16-8-11(18)9-17-4-6-20-7-5-17/h2-3,10-11,18H,4-9H2,1H3,(H,16,19)/t10-,11-/m0/s1. The molecule has 2 N–H and O–H groups in total. The molecule has 0 spiro atoms. The third-order valence-corrected chi connectivity index (χ3v) is 4.91. The quantitative estimate of drug-likeness (QED) is 0.824. The van der Waals surface area contributed by atoms with E-state index >= 15 is 0 Å². The number of nitrogens with zero attached hydrogens (tertiary/aromatic N) is 1. The van der Waals surface area contributed by atoms with Crippen LogP contribution in [0.25, 0.3) is 0 Å². The Morgan fingerprint density at radius 1 is 1.52 bits per heavy atom. The van der Waals surface area contributed by atoms with Gasteiger partial charge in [-0.2, -0.15) is 0 Å². The zero-order chi connectivity index (χ0) is 15.2. The summed E-state index contributed by atoms with van der Waals surface area (Å²) in [6.07, 6.45) is -0.564. The molecule has 1 aliphatic heterocycles. The van der Waals surface area contributed by atoms with Gasteiger partial charge in [0.25, 0.3) is 0 Å². The van der Waals surface area contributed by atoms with Crippen LogP contribution in [0.4, 0.5) is 0 Å². The van der Waals surface area contributed by atoms with Gasteiger partial charge in [-0.25, -0.2) is 0 Å². The molecule has 2 atom stereocenters. The molecule has 1 aromatic rings. The van der Waals surface area contributed by atoms with Gasteiger partial charge in [0.2, 0.25) is 5.91 Å². The van der Waals surface area contributed by atoms with Crippen molar-refractivity contribution < 1.29 is 14.6 Å². The maximum absolute atomic E-state index is 12.1. The first-order valence-electron chi connectivity index (χ1n) is 7.07. The van der Waals surface area contributed by atoms with E-state index in [0.29, 0.717) is 24.1 Å². The summed E-state index contributed by atoms with van der Waals surface area (Å²) in [6.45, 7) is 5.73. The van der Waals surface area contributed by atoms with E-state index in [1.807, 2.05) is 13.0 Å². The number of aliphatic hydroxyl groups is 1. The minimum absolute atomic E-state index is 0.0884. The van der Waals surface area contributed by atoms with Gasteiger partial charge in [0, 0.05) is 31.1 Å². The predicted molar refractivity (Wildman–Crippen MR) is 84.0 cm³/mol. The average molecular weight is 333 g/mol. The Kier molecular flexibility index (Phi) is 6.44. The number of ether oxygens (including phenoxy) is 1. The van der Waals surface area contributed by atoms with Gasteiger partial charge in [0.15, 0.2) is 0 Å². The van der Waals surface area contributed by atoms with Gasteiger partial charge in [-0.05, 0) is 19.1 Å². The number of halogens is 1. The Bertz CT molecular complexity index is 463. The number of thiophene rings is 1. The molecule has 7 heteroatoms. The zero-order valence-corrected chi connectivity index (χ0v) is 13.6. The number of hydrogen-bond donors (Lipinski definition) is 2. The highest BCUT2D eigenvalue weighted by molar-refractivity contribution is 7.16. The van der Waals surface area contributed by atoms with Gasteiger partial charge in [0.05, 0.1) is 29.6 Å². The lowest BCUT2D eigenvalue weighted by molar-refractivity contribution is -0.122. The van der Waals surface area contributed by atoms with E-state index in [4.69, 9.17) is 16.3 Å². The molecule has 0 bridgehead atoms. The lowest BCUT2D eigenvalue weighted by Gasteiger charge is -2.28. The minimum Gasteiger partial charge on any atom is -0.390 e. The number of nitrogens with one attached hydrogen (secondary N) is 1. The van der Waals surface area contributed by atoms with E-state index in [9.17, 15) is 9.90 Å². The first-order chi connectivity index (χ1) is 10.1. The van der Waals surface area contributed by atoms with Crippen LogP contribution in [0.15, 0.2) is 12.1 Å². The number of hydrogen-bond acceptors (Lipinski definition) is 5. The number of amides is 1. The highest BCUT2D eigenvalue weighted by Gasteiger charge is 2.19. The van der Waals surface area contributed by atoms with Crippen LogP contribution in [-0.4, -0.2) is 61.4 Å². The molecule has 118 valence electrons. The minimum atomic E-state index is -0.564. The van der Waals surface area contributed by atoms with Crippen molar-refractivity contribution in [2.24, 2.45) is 0 Å². The van der Waals surface area contributed by atoms with Crippen LogP contribution in [0.1, 0.15) is 17.7 Å². The second-order valence-corrected chi connectivity index (χ2v) is 6.92. The van der Waals surface area contributed by atoms with Gasteiger partial charge >= 0.3 is 0 Å². The van der Waals surface area contributed by atoms with Crippen LogP contribution >= 0.6 is 22.9 Å². The summed E-state index contributed by atoms with van der Waals surface area (Å²) in [7, 11) is 0. The first-order valence-corrected chi connectivity index (χ1v) is 8.27. The molecule has 1 aromatic heterocycles. The summed E-state index contributed by atoms with van der Waals surface area (Å²) in [5, 5.41) is 12.8. The lowest BCUT2D eigenvalue weighted by atomic mass is 10.1. The molecule has 5 nitrogen and oxygen atoms in total. The average Bonchev–Trinajstić information content (AvgIpc) is 2.91. The number of aliphatic hydroxyl groups excluding tert-OH is 1. The van der Waals surface area contributed by atoms with Crippen molar-refractivity contribution in [2.45, 2.75) is 18.9 Å². The van der Waals surface area contributed by atoms with Crippen molar-refractivity contribution in [3.8, 4) is 0 Å². The molecule has 21 heavy (non-hydrogen) atoms. The molecule has 1 aliphatic rings. The Hall–Kier alpha value is -0.660. The molecule has 0 saturated carbocycles. The fourth-order valence-electron chi connectivity index (χ4n) is 2.21. The predicted octanol–water partition coefficient (Wildman–Crippen LogP) is 1.31. The summed E-state index contributed by atoms with van der Waals surface area (Å²) < 4.78 is 5.94. The van der Waals surface area contributed by atoms with E-state index in [2.05, 4.69) is 10.2 Å². The molecule has 2 rings (SSSR count). The summed E-state index contributed by atoms with van der Waals surface area (Å²) in [6, 6.07) is 3.65. The Morgan fingerprint density at radius 2 is 2.24 bits per heavy atom. The fraction of sp³-hybridized carbons (Fsp3) is 0.643. The smallest absolute Gasteiger partial charge is 0.228 e. The summed E-state index contributed by atoms with van der Waals surface area (Å²) in [4.78, 5) is 15.1. The van der Waals surface area contributed by atoms with Gasteiger partial charge in [-0.3, -0.25) is 9.69 Å². The van der Waals surface area contributed by atoms with Crippen LogP contribution in [0.3, 0.4) is 0 Å². The molecular weight excluding hydrogens is 312 g/mol. The van der Waals surface area contributed by atoms with E-state index < -0.39 is 6.10 Å². The highest BCUT2D eigenvalue weighted by Crippen LogP contribution is 2.27. The van der Waals surface area contributed by atoms with Crippen molar-refractivity contribution >= 4 is 28.8 Å². The molecule has 0 unspecified atom stereocenters. The molecular formula is C14H21ClN2O3S. The number of rotatable bonds is 6. The SMILES string of the molecule is C[C@H](C(=O)NC[C@H](O)CN1CCOCC1)c1ccc(Cl)s1. The second-order valence-electron chi connectivity index (χ2n) is 5.18. The van der Waals surface area contributed by atoms with E-state index in [1.54, 1.807) is 6.07 Å². The molecule has 0 aliphatic carbocycles. The lowest BCUT2D eigenvalue weighted by Crippen LogP contribution is -2.45. The highest BCUT2D eigenvalue weighted by atomic mass is 35.5. The van der Waals surface area contributed by atoms with Crippen molar-refractivity contribution in [3.05, 3.63) is 21.3 Å². The van der Waals surface area contributed by atoms with E-state index in [-0.39, 0.29) is 18.4 Å².